The first-order valence-electron chi connectivity index (χ1n) is 10.3. The Morgan fingerprint density at radius 3 is 2.52 bits per heavy atom. The van der Waals surface area contributed by atoms with Crippen LogP contribution in [-0.4, -0.2) is 11.1 Å². The van der Waals surface area contributed by atoms with E-state index in [0.29, 0.717) is 29.2 Å². The Morgan fingerprint density at radius 2 is 1.81 bits per heavy atom. The highest BCUT2D eigenvalue weighted by atomic mass is 16.4. The lowest BCUT2D eigenvalue weighted by molar-refractivity contribution is 0.0697. The van der Waals surface area contributed by atoms with E-state index < -0.39 is 5.97 Å². The Kier molecular flexibility index (Phi) is 3.82. The van der Waals surface area contributed by atoms with Gasteiger partial charge in [0.05, 0.1) is 17.3 Å². The van der Waals surface area contributed by atoms with Crippen LogP contribution in [0.3, 0.4) is 0 Å². The molecule has 3 nitrogen and oxygen atoms in total. The van der Waals surface area contributed by atoms with Crippen LogP contribution in [0.15, 0.2) is 42.5 Å². The molecule has 2 N–H and O–H groups in total. The third-order valence-corrected chi connectivity index (χ3v) is 7.31. The second-order valence-electron chi connectivity index (χ2n) is 8.95. The number of hydrogen-bond acceptors (Lipinski definition) is 2. The summed E-state index contributed by atoms with van der Waals surface area (Å²) in [6.07, 6.45) is 3.91. The Bertz CT molecular complexity index is 886. The standard InChI is InChI=1S/C24H27NO2/c1-13(2)14-6-8-15(9-7-14)22-21-17-11-10-16(12-17)20(21)18-4-3-5-19(24(26)27)23(18)25-22/h3-9,13,16-17,20-22,25H,10-12H2,1-2H3,(H,26,27)/t16-,17+,20+,21-,22+/m0/s1. The Labute approximate surface area is 160 Å². The van der Waals surface area contributed by atoms with Crippen molar-refractivity contribution >= 4 is 11.7 Å². The SMILES string of the molecule is CC(C)c1ccc([C@H]2Nc3c(C(=O)O)cccc3[C@H]3[C@H]4CC[C@H](C4)[C@@H]32)cc1. The van der Waals surface area contributed by atoms with Crippen molar-refractivity contribution in [2.45, 2.75) is 51.0 Å². The number of carboxylic acids is 1. The van der Waals surface area contributed by atoms with Crippen molar-refractivity contribution in [3.05, 3.63) is 64.7 Å². The maximum atomic E-state index is 11.8. The molecule has 1 heterocycles. The van der Waals surface area contributed by atoms with E-state index in [2.05, 4.69) is 49.5 Å². The van der Waals surface area contributed by atoms with Gasteiger partial charge in [-0.15, -0.1) is 0 Å². The minimum atomic E-state index is -0.838. The number of anilines is 1. The van der Waals surface area contributed by atoms with Crippen molar-refractivity contribution in [2.75, 3.05) is 5.32 Å². The number of para-hydroxylation sites is 1. The highest BCUT2D eigenvalue weighted by Gasteiger charge is 2.54. The van der Waals surface area contributed by atoms with Gasteiger partial charge in [-0.05, 0) is 71.6 Å². The number of hydrogen-bond donors (Lipinski definition) is 2. The largest absolute Gasteiger partial charge is 0.478 e. The Balaban J connectivity index is 1.62. The van der Waals surface area contributed by atoms with Gasteiger partial charge in [0.15, 0.2) is 0 Å². The second kappa shape index (κ2) is 6.12. The fourth-order valence-corrected chi connectivity index (χ4v) is 6.11. The van der Waals surface area contributed by atoms with E-state index in [9.17, 15) is 9.90 Å². The molecule has 2 bridgehead atoms. The van der Waals surface area contributed by atoms with Crippen LogP contribution in [0.1, 0.15) is 78.0 Å². The van der Waals surface area contributed by atoms with Crippen LogP contribution in [0.4, 0.5) is 5.69 Å². The fraction of sp³-hybridized carbons (Fsp3) is 0.458. The lowest BCUT2D eigenvalue weighted by atomic mass is 9.67. The molecule has 5 atom stereocenters. The molecule has 0 unspecified atom stereocenters. The van der Waals surface area contributed by atoms with Crippen molar-refractivity contribution < 1.29 is 9.90 Å². The first-order valence-corrected chi connectivity index (χ1v) is 10.3. The van der Waals surface area contributed by atoms with Crippen molar-refractivity contribution in [1.82, 2.24) is 0 Å². The van der Waals surface area contributed by atoms with Crippen molar-refractivity contribution in [1.29, 1.82) is 0 Å². The van der Waals surface area contributed by atoms with Gasteiger partial charge in [0.2, 0.25) is 0 Å². The summed E-state index contributed by atoms with van der Waals surface area (Å²) in [6, 6.07) is 15.0. The molecule has 2 aromatic carbocycles. The van der Waals surface area contributed by atoms with Gasteiger partial charge in [-0.1, -0.05) is 50.2 Å². The number of carbonyl (C=O) groups is 1. The third kappa shape index (κ3) is 2.51. The second-order valence-corrected chi connectivity index (χ2v) is 8.95. The first-order chi connectivity index (χ1) is 13.0. The predicted octanol–water partition coefficient (Wildman–Crippen LogP) is 5.80. The van der Waals surface area contributed by atoms with E-state index in [-0.39, 0.29) is 6.04 Å². The molecule has 0 radical (unpaired) electrons. The zero-order valence-electron chi connectivity index (χ0n) is 16.0. The van der Waals surface area contributed by atoms with Crippen LogP contribution >= 0.6 is 0 Å². The summed E-state index contributed by atoms with van der Waals surface area (Å²) in [5.41, 5.74) is 5.16. The van der Waals surface area contributed by atoms with Gasteiger partial charge in [-0.2, -0.15) is 0 Å². The van der Waals surface area contributed by atoms with Crippen LogP contribution < -0.4 is 5.32 Å². The topological polar surface area (TPSA) is 49.3 Å². The molecule has 2 aliphatic carbocycles. The maximum Gasteiger partial charge on any atom is 0.337 e. The summed E-state index contributed by atoms with van der Waals surface area (Å²) in [5.74, 6) is 2.22. The van der Waals surface area contributed by atoms with Gasteiger partial charge in [-0.25, -0.2) is 4.79 Å². The van der Waals surface area contributed by atoms with Crippen molar-refractivity contribution in [3.8, 4) is 0 Å². The summed E-state index contributed by atoms with van der Waals surface area (Å²) < 4.78 is 0. The van der Waals surface area contributed by atoms with E-state index in [1.807, 2.05) is 6.07 Å². The molecule has 0 spiro atoms. The average molecular weight is 361 g/mol. The van der Waals surface area contributed by atoms with Crippen LogP contribution in [0.2, 0.25) is 0 Å². The lowest BCUT2D eigenvalue weighted by Crippen LogP contribution is -2.36. The molecule has 0 amide bonds. The molecule has 0 aromatic heterocycles. The van der Waals surface area contributed by atoms with Gasteiger partial charge >= 0.3 is 5.97 Å². The fourth-order valence-electron chi connectivity index (χ4n) is 6.11. The molecule has 2 fully saturated rings. The highest BCUT2D eigenvalue weighted by Crippen LogP contribution is 2.64. The number of benzene rings is 2. The molecule has 3 heteroatoms. The van der Waals surface area contributed by atoms with Gasteiger partial charge in [-0.3, -0.25) is 0 Å². The number of aromatic carboxylic acids is 1. The van der Waals surface area contributed by atoms with E-state index >= 15 is 0 Å². The molecule has 5 rings (SSSR count). The molecule has 140 valence electrons. The molecule has 0 saturated heterocycles. The van der Waals surface area contributed by atoms with Gasteiger partial charge in [0.25, 0.3) is 0 Å². The van der Waals surface area contributed by atoms with Crippen LogP contribution in [-0.2, 0) is 0 Å². The molecule has 27 heavy (non-hydrogen) atoms. The van der Waals surface area contributed by atoms with Crippen LogP contribution in [0, 0.1) is 17.8 Å². The molecule has 2 aromatic rings. The number of carboxylic acid groups (broad SMARTS) is 1. The number of nitrogens with one attached hydrogen (secondary N) is 1. The Morgan fingerprint density at radius 1 is 1.07 bits per heavy atom. The quantitative estimate of drug-likeness (QED) is 0.726. The van der Waals surface area contributed by atoms with Gasteiger partial charge in [0, 0.05) is 0 Å². The molecular weight excluding hydrogens is 334 g/mol. The summed E-state index contributed by atoms with van der Waals surface area (Å²) in [7, 11) is 0. The smallest absolute Gasteiger partial charge is 0.337 e. The molecule has 2 saturated carbocycles. The van der Waals surface area contributed by atoms with Crippen LogP contribution in [0.5, 0.6) is 0 Å². The number of rotatable bonds is 3. The Hall–Kier alpha value is -2.29. The zero-order valence-corrected chi connectivity index (χ0v) is 16.0. The predicted molar refractivity (Wildman–Crippen MR) is 107 cm³/mol. The maximum absolute atomic E-state index is 11.8. The third-order valence-electron chi connectivity index (χ3n) is 7.31. The molecule has 3 aliphatic rings. The first kappa shape index (κ1) is 16.9. The highest BCUT2D eigenvalue weighted by molar-refractivity contribution is 5.95. The van der Waals surface area contributed by atoms with E-state index in [1.54, 1.807) is 6.07 Å². The minimum Gasteiger partial charge on any atom is -0.478 e. The van der Waals surface area contributed by atoms with E-state index in [4.69, 9.17) is 0 Å². The number of fused-ring (bicyclic) bond motifs is 7. The lowest BCUT2D eigenvalue weighted by Gasteiger charge is -2.44. The minimum absolute atomic E-state index is 0.208. The molecule has 1 aliphatic heterocycles. The average Bonchev–Trinajstić information content (AvgIpc) is 3.29. The monoisotopic (exact) mass is 361 g/mol. The van der Waals surface area contributed by atoms with Crippen molar-refractivity contribution in [3.63, 3.8) is 0 Å². The van der Waals surface area contributed by atoms with Gasteiger partial charge < -0.3 is 10.4 Å². The van der Waals surface area contributed by atoms with Crippen LogP contribution in [0.25, 0.3) is 0 Å². The summed E-state index contributed by atoms with van der Waals surface area (Å²) >= 11 is 0. The molecular formula is C24H27NO2. The van der Waals surface area contributed by atoms with E-state index in [0.717, 1.165) is 11.6 Å². The summed E-state index contributed by atoms with van der Waals surface area (Å²) in [5, 5.41) is 13.4. The van der Waals surface area contributed by atoms with Crippen molar-refractivity contribution in [2.24, 2.45) is 17.8 Å². The summed E-state index contributed by atoms with van der Waals surface area (Å²) in [6.45, 7) is 4.43. The zero-order chi connectivity index (χ0) is 18.7. The summed E-state index contributed by atoms with van der Waals surface area (Å²) in [4.78, 5) is 11.8. The van der Waals surface area contributed by atoms with E-state index in [1.165, 1.54) is 36.0 Å². The normalized spacial score (nSPS) is 30.7. The van der Waals surface area contributed by atoms with Gasteiger partial charge in [0.1, 0.15) is 0 Å².